The molecule has 2 aromatic rings. The molecule has 0 saturated carbocycles. The van der Waals surface area contributed by atoms with Crippen molar-refractivity contribution < 1.29 is 14.3 Å². The van der Waals surface area contributed by atoms with Crippen LogP contribution in [0.15, 0.2) is 49.1 Å². The van der Waals surface area contributed by atoms with Crippen molar-refractivity contribution >= 4 is 18.0 Å². The Morgan fingerprint density at radius 2 is 2.04 bits per heavy atom. The number of hydrogen-bond donors (Lipinski definition) is 1. The Balaban J connectivity index is 2.02. The fourth-order valence-corrected chi connectivity index (χ4v) is 2.16. The van der Waals surface area contributed by atoms with E-state index in [1.807, 2.05) is 42.0 Å². The summed E-state index contributed by atoms with van der Waals surface area (Å²) in [5, 5.41) is 2.69. The molecule has 0 aliphatic carbocycles. The van der Waals surface area contributed by atoms with E-state index >= 15 is 0 Å². The van der Waals surface area contributed by atoms with Gasteiger partial charge >= 0.3 is 5.97 Å². The summed E-state index contributed by atoms with van der Waals surface area (Å²) in [5.41, 5.74) is 0.838. The van der Waals surface area contributed by atoms with Crippen LogP contribution >= 0.6 is 0 Å². The zero-order chi connectivity index (χ0) is 17.6. The van der Waals surface area contributed by atoms with E-state index in [-0.39, 0.29) is 5.91 Å². The predicted molar refractivity (Wildman–Crippen MR) is 91.5 cm³/mol. The van der Waals surface area contributed by atoms with Crippen LogP contribution < -0.4 is 5.32 Å². The third-order valence-corrected chi connectivity index (χ3v) is 3.86. The SMILES string of the molecule is CCC(C)(NC(=O)/C=C/c1ccc(-n2ccnc2)cc1)C(=O)OC. The van der Waals surface area contributed by atoms with Crippen LogP contribution in [0.3, 0.4) is 0 Å². The third kappa shape index (κ3) is 4.10. The molecule has 0 fully saturated rings. The lowest BCUT2D eigenvalue weighted by atomic mass is 9.99. The summed E-state index contributed by atoms with van der Waals surface area (Å²) in [4.78, 5) is 27.8. The number of aromatic nitrogens is 2. The van der Waals surface area contributed by atoms with Gasteiger partial charge in [0.2, 0.25) is 5.91 Å². The van der Waals surface area contributed by atoms with Gasteiger partial charge in [0.25, 0.3) is 0 Å². The Hall–Kier alpha value is -2.89. The summed E-state index contributed by atoms with van der Waals surface area (Å²) in [5.74, 6) is -0.806. The topological polar surface area (TPSA) is 73.2 Å². The Morgan fingerprint density at radius 1 is 1.33 bits per heavy atom. The number of amides is 1. The number of rotatable bonds is 6. The van der Waals surface area contributed by atoms with Crippen LogP contribution in [0.1, 0.15) is 25.8 Å². The van der Waals surface area contributed by atoms with Gasteiger partial charge in [0, 0.05) is 24.2 Å². The van der Waals surface area contributed by atoms with E-state index in [0.29, 0.717) is 6.42 Å². The monoisotopic (exact) mass is 327 g/mol. The number of hydrogen-bond acceptors (Lipinski definition) is 4. The largest absolute Gasteiger partial charge is 0.467 e. The fraction of sp³-hybridized carbons (Fsp3) is 0.278. The normalized spacial score (nSPS) is 13.5. The second kappa shape index (κ2) is 7.59. The zero-order valence-electron chi connectivity index (χ0n) is 14.0. The highest BCUT2D eigenvalue weighted by atomic mass is 16.5. The Morgan fingerprint density at radius 3 is 2.58 bits per heavy atom. The van der Waals surface area contributed by atoms with Crippen LogP contribution in [-0.2, 0) is 14.3 Å². The molecule has 1 amide bonds. The summed E-state index contributed by atoms with van der Waals surface area (Å²) in [7, 11) is 1.31. The number of carbonyl (C=O) groups is 2. The molecule has 0 aliphatic rings. The van der Waals surface area contributed by atoms with Crippen molar-refractivity contribution in [2.45, 2.75) is 25.8 Å². The lowest BCUT2D eigenvalue weighted by molar-refractivity contribution is -0.149. The number of esters is 1. The van der Waals surface area contributed by atoms with E-state index in [1.54, 1.807) is 25.5 Å². The van der Waals surface area contributed by atoms with Gasteiger partial charge in [-0.25, -0.2) is 9.78 Å². The molecule has 1 atom stereocenters. The summed E-state index contributed by atoms with van der Waals surface area (Å²) in [6.07, 6.45) is 8.83. The first-order chi connectivity index (χ1) is 11.5. The predicted octanol–water partition coefficient (Wildman–Crippen LogP) is 2.34. The number of methoxy groups -OCH3 is 1. The highest BCUT2D eigenvalue weighted by Gasteiger charge is 2.33. The Labute approximate surface area is 141 Å². The molecule has 0 spiro atoms. The lowest BCUT2D eigenvalue weighted by Gasteiger charge is -2.25. The molecule has 24 heavy (non-hydrogen) atoms. The molecular formula is C18H21N3O3. The first kappa shape index (κ1) is 17.5. The molecule has 1 aromatic heterocycles. The lowest BCUT2D eigenvalue weighted by Crippen LogP contribution is -2.51. The maximum atomic E-state index is 12.0. The van der Waals surface area contributed by atoms with Crippen molar-refractivity contribution in [3.63, 3.8) is 0 Å². The van der Waals surface area contributed by atoms with Gasteiger partial charge in [-0.3, -0.25) is 4.79 Å². The summed E-state index contributed by atoms with van der Waals surface area (Å²) in [6.45, 7) is 3.46. The van der Waals surface area contributed by atoms with Gasteiger partial charge in [-0.2, -0.15) is 0 Å². The third-order valence-electron chi connectivity index (χ3n) is 3.86. The van der Waals surface area contributed by atoms with Gasteiger partial charge in [0.15, 0.2) is 0 Å². The number of ether oxygens (including phenoxy) is 1. The van der Waals surface area contributed by atoms with Crippen molar-refractivity contribution in [2.24, 2.45) is 0 Å². The van der Waals surface area contributed by atoms with E-state index < -0.39 is 11.5 Å². The zero-order valence-corrected chi connectivity index (χ0v) is 14.0. The molecular weight excluding hydrogens is 306 g/mol. The second-order valence-corrected chi connectivity index (χ2v) is 5.56. The molecule has 1 unspecified atom stereocenters. The minimum Gasteiger partial charge on any atom is -0.467 e. The quantitative estimate of drug-likeness (QED) is 0.653. The van der Waals surface area contributed by atoms with Crippen LogP contribution in [0.4, 0.5) is 0 Å². The molecule has 0 bridgehead atoms. The molecule has 6 nitrogen and oxygen atoms in total. The highest BCUT2D eigenvalue weighted by Crippen LogP contribution is 2.13. The Bertz CT molecular complexity index is 720. The molecule has 0 aliphatic heterocycles. The van der Waals surface area contributed by atoms with Crippen LogP contribution in [0.5, 0.6) is 0 Å². The van der Waals surface area contributed by atoms with Crippen molar-refractivity contribution in [1.29, 1.82) is 0 Å². The van der Waals surface area contributed by atoms with Crippen molar-refractivity contribution in [3.05, 3.63) is 54.6 Å². The highest BCUT2D eigenvalue weighted by molar-refractivity contribution is 5.96. The molecule has 126 valence electrons. The molecule has 0 saturated heterocycles. The Kier molecular flexibility index (Phi) is 5.52. The molecule has 2 rings (SSSR count). The van der Waals surface area contributed by atoms with Gasteiger partial charge in [0.1, 0.15) is 5.54 Å². The molecule has 1 N–H and O–H groups in total. The minimum absolute atomic E-state index is 0.344. The standard InChI is InChI=1S/C18H21N3O3/c1-4-18(2,17(23)24-3)20-16(22)10-7-14-5-8-15(9-6-14)21-12-11-19-13-21/h5-13H,4H2,1-3H3,(H,20,22)/b10-7+. The number of carbonyl (C=O) groups excluding carboxylic acids is 2. The van der Waals surface area contributed by atoms with E-state index in [1.165, 1.54) is 13.2 Å². The summed E-state index contributed by atoms with van der Waals surface area (Å²) < 4.78 is 6.63. The van der Waals surface area contributed by atoms with E-state index in [9.17, 15) is 9.59 Å². The van der Waals surface area contributed by atoms with Crippen LogP contribution in [-0.4, -0.2) is 34.1 Å². The summed E-state index contributed by atoms with van der Waals surface area (Å²) in [6, 6.07) is 7.67. The second-order valence-electron chi connectivity index (χ2n) is 5.56. The fourth-order valence-electron chi connectivity index (χ4n) is 2.16. The number of imidazole rings is 1. The summed E-state index contributed by atoms with van der Waals surface area (Å²) >= 11 is 0. The first-order valence-corrected chi connectivity index (χ1v) is 7.65. The van der Waals surface area contributed by atoms with Crippen molar-refractivity contribution in [1.82, 2.24) is 14.9 Å². The van der Waals surface area contributed by atoms with Crippen LogP contribution in [0.2, 0.25) is 0 Å². The average Bonchev–Trinajstić information content (AvgIpc) is 3.14. The maximum Gasteiger partial charge on any atom is 0.331 e. The maximum absolute atomic E-state index is 12.0. The van der Waals surface area contributed by atoms with Gasteiger partial charge < -0.3 is 14.6 Å². The van der Waals surface area contributed by atoms with Crippen molar-refractivity contribution in [3.8, 4) is 5.69 Å². The number of benzene rings is 1. The smallest absolute Gasteiger partial charge is 0.331 e. The first-order valence-electron chi connectivity index (χ1n) is 7.65. The van der Waals surface area contributed by atoms with E-state index in [2.05, 4.69) is 10.3 Å². The molecule has 1 aromatic carbocycles. The van der Waals surface area contributed by atoms with Gasteiger partial charge in [0.05, 0.1) is 13.4 Å². The van der Waals surface area contributed by atoms with E-state index in [0.717, 1.165) is 11.3 Å². The van der Waals surface area contributed by atoms with Gasteiger partial charge in [-0.15, -0.1) is 0 Å². The van der Waals surface area contributed by atoms with Crippen LogP contribution in [0.25, 0.3) is 11.8 Å². The molecule has 6 heteroatoms. The number of nitrogens with one attached hydrogen (secondary N) is 1. The minimum atomic E-state index is -1.03. The average molecular weight is 327 g/mol. The van der Waals surface area contributed by atoms with Crippen molar-refractivity contribution in [2.75, 3.05) is 7.11 Å². The molecule has 0 radical (unpaired) electrons. The van der Waals surface area contributed by atoms with E-state index in [4.69, 9.17) is 4.74 Å². The van der Waals surface area contributed by atoms with Gasteiger partial charge in [-0.1, -0.05) is 19.1 Å². The van der Waals surface area contributed by atoms with Crippen LogP contribution in [0, 0.1) is 0 Å². The molecule has 1 heterocycles. The number of nitrogens with zero attached hydrogens (tertiary/aromatic N) is 2. The van der Waals surface area contributed by atoms with Gasteiger partial charge in [-0.05, 0) is 37.1 Å².